The number of hydrogen-bond donors (Lipinski definition) is 2. The molecule has 198 valence electrons. The van der Waals surface area contributed by atoms with Crippen LogP contribution in [0.25, 0.3) is 22.3 Å². The molecule has 0 radical (unpaired) electrons. The Hall–Kier alpha value is -5.08. The quantitative estimate of drug-likeness (QED) is 0.233. The molecule has 0 unspecified atom stereocenters. The Morgan fingerprint density at radius 2 is 1.07 bits per heavy atom. The van der Waals surface area contributed by atoms with Crippen LogP contribution < -0.4 is 0 Å². The minimum absolute atomic E-state index is 0.240. The first-order chi connectivity index (χ1) is 20.0. The van der Waals surface area contributed by atoms with Crippen LogP contribution in [0.4, 0.5) is 0 Å². The Labute approximate surface area is 240 Å². The number of hydrogen-bond acceptors (Lipinski definition) is 2. The van der Waals surface area contributed by atoms with Crippen LogP contribution in [0.5, 0.6) is 11.5 Å². The zero-order valence-corrected chi connectivity index (χ0v) is 22.9. The average Bonchev–Trinajstić information content (AvgIpc) is 3.31. The van der Waals surface area contributed by atoms with Crippen LogP contribution in [0, 0.1) is 6.92 Å². The Kier molecular flexibility index (Phi) is 5.98. The fourth-order valence-electron chi connectivity index (χ4n) is 6.48. The summed E-state index contributed by atoms with van der Waals surface area (Å²) >= 11 is 0. The van der Waals surface area contributed by atoms with E-state index in [1.54, 1.807) is 12.1 Å². The van der Waals surface area contributed by atoms with E-state index in [1.807, 2.05) is 24.3 Å². The summed E-state index contributed by atoms with van der Waals surface area (Å²) < 4.78 is 0. The lowest BCUT2D eigenvalue weighted by atomic mass is 9.67. The zero-order valence-electron chi connectivity index (χ0n) is 22.9. The third-order valence-corrected chi connectivity index (χ3v) is 8.50. The Morgan fingerprint density at radius 1 is 0.537 bits per heavy atom. The molecular weight excluding hydrogens is 500 g/mol. The Morgan fingerprint density at radius 3 is 1.68 bits per heavy atom. The van der Waals surface area contributed by atoms with Gasteiger partial charge in [-0.15, -0.1) is 0 Å². The molecule has 7 rings (SSSR count). The molecule has 0 atom stereocenters. The van der Waals surface area contributed by atoms with Crippen molar-refractivity contribution in [2.45, 2.75) is 18.8 Å². The largest absolute Gasteiger partial charge is 0.508 e. The van der Waals surface area contributed by atoms with Gasteiger partial charge in [0.1, 0.15) is 11.5 Å². The summed E-state index contributed by atoms with van der Waals surface area (Å²) in [5, 5.41) is 21.2. The van der Waals surface area contributed by atoms with Crippen molar-refractivity contribution in [3.63, 3.8) is 0 Å². The maximum atomic E-state index is 11.0. The van der Waals surface area contributed by atoms with Crippen molar-refractivity contribution in [2.24, 2.45) is 0 Å². The number of aryl methyl sites for hydroxylation is 1. The maximum Gasteiger partial charge on any atom is 0.119 e. The average molecular weight is 531 g/mol. The van der Waals surface area contributed by atoms with Gasteiger partial charge < -0.3 is 10.2 Å². The third-order valence-electron chi connectivity index (χ3n) is 8.50. The van der Waals surface area contributed by atoms with E-state index < -0.39 is 5.41 Å². The van der Waals surface area contributed by atoms with E-state index in [2.05, 4.69) is 110 Å². The van der Waals surface area contributed by atoms with Crippen LogP contribution in [0.2, 0.25) is 0 Å². The van der Waals surface area contributed by atoms with E-state index >= 15 is 0 Å². The predicted molar refractivity (Wildman–Crippen MR) is 166 cm³/mol. The van der Waals surface area contributed by atoms with Gasteiger partial charge in [-0.2, -0.15) is 0 Å². The lowest BCUT2D eigenvalue weighted by Gasteiger charge is -2.34. The van der Waals surface area contributed by atoms with Gasteiger partial charge in [-0.3, -0.25) is 0 Å². The number of rotatable bonds is 5. The minimum Gasteiger partial charge on any atom is -0.508 e. The summed E-state index contributed by atoms with van der Waals surface area (Å²) in [6.07, 6.45) is 0.614. The van der Waals surface area contributed by atoms with E-state index in [4.69, 9.17) is 0 Å². The normalized spacial score (nSPS) is 13.0. The van der Waals surface area contributed by atoms with Gasteiger partial charge in [-0.25, -0.2) is 0 Å². The summed E-state index contributed by atoms with van der Waals surface area (Å²) in [5.74, 6) is 0.528. The van der Waals surface area contributed by atoms with Crippen LogP contribution in [0.1, 0.15) is 38.9 Å². The molecule has 0 saturated heterocycles. The smallest absolute Gasteiger partial charge is 0.119 e. The molecule has 2 nitrogen and oxygen atoms in total. The standard InChI is InChI=1S/C39H30O2/c1-26-10-14-28(15-11-26)29-16-12-27(13-17-29)24-30-25-32(20-23-38(30)41)39(31-18-21-33(40)22-19-31)36-8-4-2-6-34(36)35-7-3-5-9-37(35)39/h2-23,25,40-41H,24H2,1H3. The highest BCUT2D eigenvalue weighted by molar-refractivity contribution is 5.86. The molecule has 0 fully saturated rings. The molecule has 1 aliphatic rings. The number of aromatic hydroxyl groups is 2. The molecule has 0 bridgehead atoms. The highest BCUT2D eigenvalue weighted by Crippen LogP contribution is 2.56. The van der Waals surface area contributed by atoms with Gasteiger partial charge in [0, 0.05) is 6.42 Å². The number of phenolic OH excluding ortho intramolecular Hbond substituents is 2. The third kappa shape index (κ3) is 4.11. The number of fused-ring (bicyclic) bond motifs is 3. The number of benzene rings is 6. The number of phenols is 2. The summed E-state index contributed by atoms with van der Waals surface area (Å²) in [4.78, 5) is 0. The lowest BCUT2D eigenvalue weighted by molar-refractivity contribution is 0.469. The van der Waals surface area contributed by atoms with Crippen molar-refractivity contribution >= 4 is 0 Å². The minimum atomic E-state index is -0.585. The summed E-state index contributed by atoms with van der Waals surface area (Å²) in [6, 6.07) is 47.9. The van der Waals surface area contributed by atoms with Crippen molar-refractivity contribution in [2.75, 3.05) is 0 Å². The second kappa shape index (κ2) is 9.83. The molecule has 6 aromatic carbocycles. The van der Waals surface area contributed by atoms with Crippen LogP contribution in [0.3, 0.4) is 0 Å². The second-order valence-electron chi connectivity index (χ2n) is 11.0. The van der Waals surface area contributed by atoms with Crippen molar-refractivity contribution in [3.8, 4) is 33.8 Å². The second-order valence-corrected chi connectivity index (χ2v) is 11.0. The molecule has 0 spiro atoms. The highest BCUT2D eigenvalue weighted by Gasteiger charge is 2.46. The van der Waals surface area contributed by atoms with E-state index in [0.29, 0.717) is 6.42 Å². The first-order valence-corrected chi connectivity index (χ1v) is 14.0. The van der Waals surface area contributed by atoms with E-state index in [0.717, 1.165) is 22.3 Å². The van der Waals surface area contributed by atoms with E-state index in [-0.39, 0.29) is 11.5 Å². The van der Waals surface area contributed by atoms with Crippen LogP contribution >= 0.6 is 0 Å². The summed E-state index contributed by atoms with van der Waals surface area (Å²) in [7, 11) is 0. The molecular formula is C39H30O2. The summed E-state index contributed by atoms with van der Waals surface area (Å²) in [5.41, 5.74) is 12.0. The van der Waals surface area contributed by atoms with Crippen molar-refractivity contribution < 1.29 is 10.2 Å². The molecule has 2 heteroatoms. The fourth-order valence-corrected chi connectivity index (χ4v) is 6.48. The highest BCUT2D eigenvalue weighted by atomic mass is 16.3. The topological polar surface area (TPSA) is 40.5 Å². The van der Waals surface area contributed by atoms with Gasteiger partial charge in [-0.05, 0) is 80.8 Å². The van der Waals surface area contributed by atoms with Crippen LogP contribution in [-0.2, 0) is 11.8 Å². The SMILES string of the molecule is Cc1ccc(-c2ccc(Cc3cc(C4(c5ccc(O)cc5)c5ccccc5-c5ccccc54)ccc3O)cc2)cc1. The lowest BCUT2D eigenvalue weighted by Crippen LogP contribution is -2.28. The van der Waals surface area contributed by atoms with Gasteiger partial charge in [0.05, 0.1) is 5.41 Å². The van der Waals surface area contributed by atoms with Crippen molar-refractivity contribution in [1.29, 1.82) is 0 Å². The molecule has 0 aromatic heterocycles. The zero-order chi connectivity index (χ0) is 28.0. The Bertz CT molecular complexity index is 1820. The van der Waals surface area contributed by atoms with Gasteiger partial charge in [0.15, 0.2) is 0 Å². The monoisotopic (exact) mass is 530 g/mol. The first kappa shape index (κ1) is 24.9. The first-order valence-electron chi connectivity index (χ1n) is 14.0. The maximum absolute atomic E-state index is 11.0. The van der Waals surface area contributed by atoms with Crippen LogP contribution in [0.15, 0.2) is 140 Å². The van der Waals surface area contributed by atoms with Crippen molar-refractivity contribution in [1.82, 2.24) is 0 Å². The molecule has 1 aliphatic carbocycles. The molecule has 41 heavy (non-hydrogen) atoms. The van der Waals surface area contributed by atoms with Gasteiger partial charge in [0.25, 0.3) is 0 Å². The van der Waals surface area contributed by atoms with Gasteiger partial charge in [0.2, 0.25) is 0 Å². The summed E-state index contributed by atoms with van der Waals surface area (Å²) in [6.45, 7) is 2.10. The van der Waals surface area contributed by atoms with Gasteiger partial charge >= 0.3 is 0 Å². The van der Waals surface area contributed by atoms with E-state index in [1.165, 1.54) is 38.9 Å². The molecule has 6 aromatic rings. The van der Waals surface area contributed by atoms with Gasteiger partial charge in [-0.1, -0.05) is 127 Å². The molecule has 0 aliphatic heterocycles. The van der Waals surface area contributed by atoms with E-state index in [9.17, 15) is 10.2 Å². The van der Waals surface area contributed by atoms with Crippen LogP contribution in [-0.4, -0.2) is 10.2 Å². The fraction of sp³-hybridized carbons (Fsp3) is 0.0769. The van der Waals surface area contributed by atoms with Crippen molar-refractivity contribution in [3.05, 3.63) is 178 Å². The molecule has 2 N–H and O–H groups in total. The predicted octanol–water partition coefficient (Wildman–Crippen LogP) is 9.03. The molecule has 0 amide bonds. The Balaban J connectivity index is 1.36. The molecule has 0 heterocycles. The molecule has 0 saturated carbocycles.